The Hall–Kier alpha value is -1.25. The summed E-state index contributed by atoms with van der Waals surface area (Å²) in [6.07, 6.45) is 8.68. The first-order chi connectivity index (χ1) is 13.6. The fourth-order valence-corrected chi connectivity index (χ4v) is 4.58. The van der Waals surface area contributed by atoms with Gasteiger partial charge in [0.2, 0.25) is 11.9 Å². The molecule has 156 valence electrons. The van der Waals surface area contributed by atoms with Gasteiger partial charge in [-0.25, -0.2) is 9.97 Å². The van der Waals surface area contributed by atoms with Gasteiger partial charge in [-0.1, -0.05) is 0 Å². The van der Waals surface area contributed by atoms with Gasteiger partial charge in [-0.05, 0) is 60.5 Å². The number of rotatable bonds is 6. The van der Waals surface area contributed by atoms with Crippen molar-refractivity contribution < 1.29 is 9.90 Å². The summed E-state index contributed by atoms with van der Waals surface area (Å²) in [6.45, 7) is 5.33. The Kier molecular flexibility index (Phi) is 8.05. The predicted molar refractivity (Wildman–Crippen MR) is 113 cm³/mol. The highest BCUT2D eigenvalue weighted by Gasteiger charge is 2.30. The summed E-state index contributed by atoms with van der Waals surface area (Å²) in [5, 5.41) is 9.13. The highest BCUT2D eigenvalue weighted by Crippen LogP contribution is 2.31. The fraction of sp³-hybridized carbons (Fsp3) is 0.750. The molecule has 2 heterocycles. The molecule has 0 aromatic carbocycles. The number of hydrogen-bond acceptors (Lipinski definition) is 6. The second-order valence-corrected chi connectivity index (χ2v) is 8.96. The Morgan fingerprint density at radius 3 is 2.57 bits per heavy atom. The lowest BCUT2D eigenvalue weighted by molar-refractivity contribution is -0.136. The van der Waals surface area contributed by atoms with Crippen LogP contribution in [0.3, 0.4) is 0 Å². The van der Waals surface area contributed by atoms with E-state index in [1.807, 2.05) is 7.05 Å². The standard InChI is InChI=1S/C20H32BrN5O2/c1-24(20-22-13-18(21)14-23-20)15-16-3-5-17(6-4-16)19(28)26-8-2-7-25(9-10-26)11-12-27/h13-14,16-17,27H,2-12,15H2,1H3/t16-,17-. The van der Waals surface area contributed by atoms with E-state index in [2.05, 4.69) is 40.6 Å². The quantitative estimate of drug-likeness (QED) is 0.709. The number of aliphatic hydroxyl groups is 1. The maximum absolute atomic E-state index is 13.0. The lowest BCUT2D eigenvalue weighted by Gasteiger charge is -2.33. The summed E-state index contributed by atoms with van der Waals surface area (Å²) in [5.74, 6) is 1.85. The Bertz CT molecular complexity index is 622. The van der Waals surface area contributed by atoms with Crippen molar-refractivity contribution in [3.05, 3.63) is 16.9 Å². The van der Waals surface area contributed by atoms with Gasteiger partial charge in [0, 0.05) is 58.1 Å². The predicted octanol–water partition coefficient (Wildman–Crippen LogP) is 2.01. The van der Waals surface area contributed by atoms with Crippen molar-refractivity contribution in [1.82, 2.24) is 19.8 Å². The lowest BCUT2D eigenvalue weighted by Crippen LogP contribution is -2.41. The number of β-amino-alcohol motifs (C(OH)–C–C–N with tert-alkyl or cyclic N) is 1. The van der Waals surface area contributed by atoms with Crippen molar-refractivity contribution in [3.8, 4) is 0 Å². The van der Waals surface area contributed by atoms with Gasteiger partial charge in [0.15, 0.2) is 0 Å². The number of aliphatic hydroxyl groups excluding tert-OH is 1. The van der Waals surface area contributed by atoms with E-state index in [-0.39, 0.29) is 12.5 Å². The van der Waals surface area contributed by atoms with Gasteiger partial charge in [0.25, 0.3) is 0 Å². The number of carbonyl (C=O) groups excluding carboxylic acids is 1. The number of anilines is 1. The van der Waals surface area contributed by atoms with Crippen molar-refractivity contribution in [2.75, 3.05) is 57.8 Å². The Morgan fingerprint density at radius 1 is 1.18 bits per heavy atom. The van der Waals surface area contributed by atoms with Gasteiger partial charge >= 0.3 is 0 Å². The Labute approximate surface area is 176 Å². The van der Waals surface area contributed by atoms with Crippen molar-refractivity contribution in [1.29, 1.82) is 0 Å². The van der Waals surface area contributed by atoms with Crippen LogP contribution in [0.2, 0.25) is 0 Å². The van der Waals surface area contributed by atoms with E-state index in [1.54, 1.807) is 12.4 Å². The van der Waals surface area contributed by atoms with E-state index >= 15 is 0 Å². The molecule has 1 aromatic rings. The molecule has 1 aromatic heterocycles. The van der Waals surface area contributed by atoms with Crippen LogP contribution < -0.4 is 4.90 Å². The monoisotopic (exact) mass is 453 g/mol. The number of halogens is 1. The first kappa shape index (κ1) is 21.5. The molecule has 1 saturated carbocycles. The van der Waals surface area contributed by atoms with Gasteiger partial charge in [0.1, 0.15) is 0 Å². The zero-order valence-electron chi connectivity index (χ0n) is 16.8. The third kappa shape index (κ3) is 5.87. The molecule has 1 aliphatic heterocycles. The number of amides is 1. The van der Waals surface area contributed by atoms with E-state index in [1.165, 1.54) is 0 Å². The lowest BCUT2D eigenvalue weighted by atomic mass is 9.81. The number of aromatic nitrogens is 2. The summed E-state index contributed by atoms with van der Waals surface area (Å²) < 4.78 is 0.886. The second-order valence-electron chi connectivity index (χ2n) is 8.04. The molecule has 1 saturated heterocycles. The van der Waals surface area contributed by atoms with Crippen LogP contribution in [0, 0.1) is 11.8 Å². The summed E-state index contributed by atoms with van der Waals surface area (Å²) in [7, 11) is 2.04. The minimum atomic E-state index is 0.176. The summed E-state index contributed by atoms with van der Waals surface area (Å²) in [5.41, 5.74) is 0. The first-order valence-electron chi connectivity index (χ1n) is 10.4. The summed E-state index contributed by atoms with van der Waals surface area (Å²) in [4.78, 5) is 28.1. The van der Waals surface area contributed by atoms with Gasteiger partial charge in [-0.2, -0.15) is 0 Å². The number of carbonyl (C=O) groups is 1. The van der Waals surface area contributed by atoms with Crippen LogP contribution in [0.4, 0.5) is 5.95 Å². The van der Waals surface area contributed by atoms with Gasteiger partial charge in [0.05, 0.1) is 11.1 Å². The average Bonchev–Trinajstić information content (AvgIpc) is 2.94. The normalized spacial score (nSPS) is 24.0. The molecule has 1 N–H and O–H groups in total. The van der Waals surface area contributed by atoms with Crippen LogP contribution in [-0.4, -0.2) is 83.7 Å². The van der Waals surface area contributed by atoms with Crippen LogP contribution >= 0.6 is 15.9 Å². The van der Waals surface area contributed by atoms with E-state index in [4.69, 9.17) is 5.11 Å². The minimum absolute atomic E-state index is 0.176. The molecule has 1 amide bonds. The molecule has 0 bridgehead atoms. The van der Waals surface area contributed by atoms with Crippen LogP contribution in [0.5, 0.6) is 0 Å². The largest absolute Gasteiger partial charge is 0.395 e. The van der Waals surface area contributed by atoms with Crippen molar-refractivity contribution in [2.45, 2.75) is 32.1 Å². The molecule has 0 spiro atoms. The summed E-state index contributed by atoms with van der Waals surface area (Å²) >= 11 is 3.37. The fourth-order valence-electron chi connectivity index (χ4n) is 4.38. The summed E-state index contributed by atoms with van der Waals surface area (Å²) in [6, 6.07) is 0. The molecular weight excluding hydrogens is 422 g/mol. The molecule has 8 heteroatoms. The zero-order valence-corrected chi connectivity index (χ0v) is 18.4. The van der Waals surface area contributed by atoms with Crippen LogP contribution in [0.15, 0.2) is 16.9 Å². The average molecular weight is 454 g/mol. The molecular formula is C20H32BrN5O2. The van der Waals surface area contributed by atoms with Crippen molar-refractivity contribution in [3.63, 3.8) is 0 Å². The molecule has 1 aliphatic carbocycles. The smallest absolute Gasteiger partial charge is 0.225 e. The van der Waals surface area contributed by atoms with E-state index in [9.17, 15) is 4.79 Å². The highest BCUT2D eigenvalue weighted by molar-refractivity contribution is 9.10. The zero-order chi connectivity index (χ0) is 19.9. The van der Waals surface area contributed by atoms with Gasteiger partial charge in [-0.3, -0.25) is 9.69 Å². The molecule has 3 rings (SSSR count). The third-order valence-corrected chi connectivity index (χ3v) is 6.40. The second kappa shape index (κ2) is 10.5. The topological polar surface area (TPSA) is 72.8 Å². The maximum atomic E-state index is 13.0. The molecule has 28 heavy (non-hydrogen) atoms. The van der Waals surface area contributed by atoms with E-state index in [0.717, 1.165) is 75.2 Å². The Balaban J connectivity index is 1.44. The molecule has 0 unspecified atom stereocenters. The van der Waals surface area contributed by atoms with Crippen molar-refractivity contribution >= 4 is 27.8 Å². The molecule has 7 nitrogen and oxygen atoms in total. The van der Waals surface area contributed by atoms with Crippen molar-refractivity contribution in [2.24, 2.45) is 11.8 Å². The van der Waals surface area contributed by atoms with E-state index < -0.39 is 0 Å². The maximum Gasteiger partial charge on any atom is 0.225 e. The molecule has 2 aliphatic rings. The van der Waals surface area contributed by atoms with E-state index in [0.29, 0.717) is 18.4 Å². The molecule has 2 fully saturated rings. The Morgan fingerprint density at radius 2 is 1.89 bits per heavy atom. The number of hydrogen-bond donors (Lipinski definition) is 1. The van der Waals surface area contributed by atoms with Crippen LogP contribution in [0.25, 0.3) is 0 Å². The SMILES string of the molecule is CN(C[C@H]1CC[C@H](C(=O)N2CCCN(CCO)CC2)CC1)c1ncc(Br)cn1. The van der Waals surface area contributed by atoms with Crippen LogP contribution in [0.1, 0.15) is 32.1 Å². The minimum Gasteiger partial charge on any atom is -0.395 e. The molecule has 0 atom stereocenters. The third-order valence-electron chi connectivity index (χ3n) is 5.99. The van der Waals surface area contributed by atoms with Gasteiger partial charge < -0.3 is 14.9 Å². The molecule has 0 radical (unpaired) electrons. The highest BCUT2D eigenvalue weighted by atomic mass is 79.9. The van der Waals surface area contributed by atoms with Gasteiger partial charge in [-0.15, -0.1) is 0 Å². The van der Waals surface area contributed by atoms with Crippen LogP contribution in [-0.2, 0) is 4.79 Å². The first-order valence-corrected chi connectivity index (χ1v) is 11.2. The number of nitrogens with zero attached hydrogens (tertiary/aromatic N) is 5.